The molecule has 2 heterocycles. The first-order valence-electron chi connectivity index (χ1n) is 6.91. The van der Waals surface area contributed by atoms with Gasteiger partial charge in [-0.25, -0.2) is 4.99 Å². The topological polar surface area (TPSA) is 104 Å². The number of rotatable bonds is 2. The minimum absolute atomic E-state index is 0.169. The summed E-state index contributed by atoms with van der Waals surface area (Å²) in [6, 6.07) is 4.56. The third kappa shape index (κ3) is 0.933. The number of nitriles is 2. The Morgan fingerprint density at radius 3 is 2.60 bits per heavy atom. The van der Waals surface area contributed by atoms with Crippen LogP contribution in [-0.2, 0) is 9.47 Å². The van der Waals surface area contributed by atoms with E-state index in [0.717, 1.165) is 6.42 Å². The molecule has 1 spiro atoms. The monoisotopic (exact) mass is 274 g/mol. The van der Waals surface area contributed by atoms with Gasteiger partial charge in [-0.2, -0.15) is 10.5 Å². The van der Waals surface area contributed by atoms with E-state index in [4.69, 9.17) is 15.2 Å². The average Bonchev–Trinajstić information content (AvgIpc) is 2.62. The van der Waals surface area contributed by atoms with Crippen LogP contribution in [0, 0.1) is 38.9 Å². The smallest absolute Gasteiger partial charge is 0.293 e. The van der Waals surface area contributed by atoms with E-state index in [9.17, 15) is 10.5 Å². The standard InChI is InChI=1S/C14H18N4O2/c1-4-5-11(3)12(7-15)10(17)18-14(13(11,12)8-16)19-6-9(2)20-14/h9H,4-6H2,1-3H3,(H2,17,18)/t9-,11-,12-,13+,14+/m0/s1. The minimum Gasteiger partial charge on any atom is -0.386 e. The number of aliphatic imine (C=N–C) groups is 1. The quantitative estimate of drug-likeness (QED) is 0.816. The molecule has 1 saturated heterocycles. The summed E-state index contributed by atoms with van der Waals surface area (Å²) in [4.78, 5) is 4.27. The zero-order valence-electron chi connectivity index (χ0n) is 11.9. The molecule has 0 amide bonds. The van der Waals surface area contributed by atoms with Gasteiger partial charge < -0.3 is 15.2 Å². The molecule has 0 aromatic rings. The number of ether oxygens (including phenoxy) is 2. The summed E-state index contributed by atoms with van der Waals surface area (Å²) in [6.07, 6.45) is 1.38. The Morgan fingerprint density at radius 1 is 1.45 bits per heavy atom. The van der Waals surface area contributed by atoms with E-state index in [1.807, 2.05) is 20.8 Å². The van der Waals surface area contributed by atoms with Crippen LogP contribution in [0.1, 0.15) is 33.6 Å². The molecule has 2 fully saturated rings. The van der Waals surface area contributed by atoms with Crippen molar-refractivity contribution in [2.24, 2.45) is 27.0 Å². The van der Waals surface area contributed by atoms with E-state index in [0.29, 0.717) is 13.0 Å². The van der Waals surface area contributed by atoms with Crippen molar-refractivity contribution in [1.82, 2.24) is 0 Å². The first-order chi connectivity index (χ1) is 9.41. The van der Waals surface area contributed by atoms with Gasteiger partial charge >= 0.3 is 0 Å². The van der Waals surface area contributed by atoms with Crippen LogP contribution in [0.15, 0.2) is 4.99 Å². The number of hydrogen-bond acceptors (Lipinski definition) is 6. The third-order valence-electron chi connectivity index (χ3n) is 5.24. The molecule has 3 aliphatic rings. The Hall–Kier alpha value is -1.63. The van der Waals surface area contributed by atoms with Crippen LogP contribution in [0.2, 0.25) is 0 Å². The maximum absolute atomic E-state index is 9.87. The Bertz CT molecular complexity index is 591. The number of hydrogen-bond donors (Lipinski definition) is 1. The summed E-state index contributed by atoms with van der Waals surface area (Å²) >= 11 is 0. The van der Waals surface area contributed by atoms with Crippen molar-refractivity contribution in [1.29, 1.82) is 10.5 Å². The molecule has 0 unspecified atom stereocenters. The molecule has 6 nitrogen and oxygen atoms in total. The molecule has 5 atom stereocenters. The molecule has 20 heavy (non-hydrogen) atoms. The van der Waals surface area contributed by atoms with Gasteiger partial charge in [-0.05, 0) is 13.3 Å². The number of amidine groups is 1. The first-order valence-corrected chi connectivity index (χ1v) is 6.91. The highest BCUT2D eigenvalue weighted by Gasteiger charge is 2.99. The zero-order chi connectivity index (χ0) is 14.8. The van der Waals surface area contributed by atoms with Crippen molar-refractivity contribution >= 4 is 5.84 Å². The van der Waals surface area contributed by atoms with Crippen LogP contribution in [0.4, 0.5) is 0 Å². The molecular weight excluding hydrogens is 256 g/mol. The summed E-state index contributed by atoms with van der Waals surface area (Å²) in [7, 11) is 0. The van der Waals surface area contributed by atoms with E-state index < -0.39 is 22.2 Å². The molecule has 2 N–H and O–H groups in total. The highest BCUT2D eigenvalue weighted by Crippen LogP contribution is 2.87. The van der Waals surface area contributed by atoms with Gasteiger partial charge in [0.05, 0.1) is 24.8 Å². The first kappa shape index (κ1) is 13.4. The molecule has 0 bridgehead atoms. The summed E-state index contributed by atoms with van der Waals surface area (Å²) in [5.41, 5.74) is 3.21. The molecule has 0 aromatic carbocycles. The van der Waals surface area contributed by atoms with Gasteiger partial charge in [0.15, 0.2) is 5.41 Å². The highest BCUT2D eigenvalue weighted by atomic mass is 16.8. The van der Waals surface area contributed by atoms with Crippen LogP contribution in [0.3, 0.4) is 0 Å². The molecule has 1 saturated carbocycles. The summed E-state index contributed by atoms with van der Waals surface area (Å²) in [5.74, 6) is -1.24. The SMILES string of the molecule is CCC[C@@]1(C)[C@]2(C#N)C(N)=N[C@@]3(OC[C@H](C)O3)[C@]12C#N. The van der Waals surface area contributed by atoms with E-state index in [-0.39, 0.29) is 11.9 Å². The normalized spacial score (nSPS) is 52.2. The number of nitrogens with zero attached hydrogens (tertiary/aromatic N) is 3. The van der Waals surface area contributed by atoms with Crippen molar-refractivity contribution in [3.63, 3.8) is 0 Å². The third-order valence-corrected chi connectivity index (χ3v) is 5.24. The molecule has 1 aliphatic carbocycles. The zero-order valence-corrected chi connectivity index (χ0v) is 11.9. The van der Waals surface area contributed by atoms with Crippen LogP contribution >= 0.6 is 0 Å². The lowest BCUT2D eigenvalue weighted by atomic mass is 9.87. The van der Waals surface area contributed by atoms with Gasteiger partial charge in [0.2, 0.25) is 0 Å². The van der Waals surface area contributed by atoms with Gasteiger partial charge in [-0.3, -0.25) is 0 Å². The molecular formula is C14H18N4O2. The van der Waals surface area contributed by atoms with Gasteiger partial charge in [0, 0.05) is 5.41 Å². The van der Waals surface area contributed by atoms with Gasteiger partial charge in [0.25, 0.3) is 5.91 Å². The Kier molecular flexibility index (Phi) is 2.35. The molecule has 6 heteroatoms. The summed E-state index contributed by atoms with van der Waals surface area (Å²) in [5, 5.41) is 19.6. The van der Waals surface area contributed by atoms with E-state index >= 15 is 0 Å². The fourth-order valence-electron chi connectivity index (χ4n) is 4.41. The van der Waals surface area contributed by atoms with Crippen molar-refractivity contribution in [3.05, 3.63) is 0 Å². The fourth-order valence-corrected chi connectivity index (χ4v) is 4.41. The summed E-state index contributed by atoms with van der Waals surface area (Å²) < 4.78 is 11.6. The van der Waals surface area contributed by atoms with Crippen molar-refractivity contribution in [2.45, 2.75) is 45.6 Å². The van der Waals surface area contributed by atoms with Crippen LogP contribution in [0.25, 0.3) is 0 Å². The molecule has 0 aromatic heterocycles. The van der Waals surface area contributed by atoms with Gasteiger partial charge in [-0.15, -0.1) is 0 Å². The predicted molar refractivity (Wildman–Crippen MR) is 70.0 cm³/mol. The van der Waals surface area contributed by atoms with E-state index in [1.165, 1.54) is 0 Å². The maximum Gasteiger partial charge on any atom is 0.293 e. The number of fused-ring (bicyclic) bond motifs is 2. The van der Waals surface area contributed by atoms with E-state index in [1.54, 1.807) is 0 Å². The lowest BCUT2D eigenvalue weighted by Crippen LogP contribution is -2.41. The van der Waals surface area contributed by atoms with Crippen molar-refractivity contribution in [2.75, 3.05) is 6.61 Å². The second-order valence-corrected chi connectivity index (χ2v) is 6.12. The number of nitrogens with two attached hydrogens (primary N) is 1. The Labute approximate surface area is 118 Å². The van der Waals surface area contributed by atoms with E-state index in [2.05, 4.69) is 17.1 Å². The fraction of sp³-hybridized carbons (Fsp3) is 0.786. The van der Waals surface area contributed by atoms with Crippen LogP contribution in [-0.4, -0.2) is 24.5 Å². The van der Waals surface area contributed by atoms with Crippen molar-refractivity contribution in [3.8, 4) is 12.1 Å². The van der Waals surface area contributed by atoms with Gasteiger partial charge in [0.1, 0.15) is 11.3 Å². The van der Waals surface area contributed by atoms with Crippen molar-refractivity contribution < 1.29 is 9.47 Å². The largest absolute Gasteiger partial charge is 0.386 e. The second kappa shape index (κ2) is 3.52. The van der Waals surface area contributed by atoms with Gasteiger partial charge in [-0.1, -0.05) is 20.3 Å². The van der Waals surface area contributed by atoms with Crippen LogP contribution in [0.5, 0.6) is 0 Å². The molecule has 106 valence electrons. The maximum atomic E-state index is 9.87. The predicted octanol–water partition coefficient (Wildman–Crippen LogP) is 1.29. The average molecular weight is 274 g/mol. The Morgan fingerprint density at radius 2 is 2.15 bits per heavy atom. The molecule has 3 rings (SSSR count). The lowest BCUT2D eigenvalue weighted by molar-refractivity contribution is -0.200. The molecule has 0 radical (unpaired) electrons. The highest BCUT2D eigenvalue weighted by molar-refractivity contribution is 6.00. The second-order valence-electron chi connectivity index (χ2n) is 6.12. The molecule has 2 aliphatic heterocycles. The summed E-state index contributed by atoms with van der Waals surface area (Å²) in [6.45, 7) is 6.15. The van der Waals surface area contributed by atoms with Crippen LogP contribution < -0.4 is 5.73 Å². The lowest BCUT2D eigenvalue weighted by Gasteiger charge is -2.29. The minimum atomic E-state index is -1.41. The Balaban J connectivity index is 2.21.